The van der Waals surface area contributed by atoms with Crippen molar-refractivity contribution >= 4 is 11.6 Å². The van der Waals surface area contributed by atoms with E-state index in [2.05, 4.69) is 0 Å². The van der Waals surface area contributed by atoms with Crippen molar-refractivity contribution in [3.63, 3.8) is 0 Å². The molecule has 0 saturated carbocycles. The highest BCUT2D eigenvalue weighted by atomic mass is 35.5. The Hall–Kier alpha value is -1.58. The number of fused-ring (bicyclic) bond motifs is 1. The predicted molar refractivity (Wildman–Crippen MR) is 75.7 cm³/mol. The van der Waals surface area contributed by atoms with Crippen molar-refractivity contribution in [2.24, 2.45) is 0 Å². The second-order valence-electron chi connectivity index (χ2n) is 4.86. The Morgan fingerprint density at radius 2 is 2.05 bits per heavy atom. The highest BCUT2D eigenvalue weighted by Gasteiger charge is 2.22. The van der Waals surface area contributed by atoms with Crippen molar-refractivity contribution in [2.45, 2.75) is 18.9 Å². The van der Waals surface area contributed by atoms with Gasteiger partial charge in [-0.2, -0.15) is 0 Å². The van der Waals surface area contributed by atoms with Crippen molar-refractivity contribution in [3.8, 4) is 5.75 Å². The number of aliphatic hydroxyl groups is 1. The fraction of sp³-hybridized carbons (Fsp3) is 0.250. The number of halogens is 2. The molecule has 2 aromatic rings. The molecule has 1 aliphatic heterocycles. The number of para-hydroxylation sites is 1. The minimum absolute atomic E-state index is 0.206. The van der Waals surface area contributed by atoms with Crippen LogP contribution in [0.25, 0.3) is 0 Å². The summed E-state index contributed by atoms with van der Waals surface area (Å²) in [6, 6.07) is 9.88. The molecule has 0 aromatic heterocycles. The molecule has 104 valence electrons. The Morgan fingerprint density at radius 3 is 2.85 bits per heavy atom. The molecule has 1 atom stereocenters. The molecule has 4 heteroatoms. The van der Waals surface area contributed by atoms with Crippen LogP contribution < -0.4 is 4.74 Å². The van der Waals surface area contributed by atoms with Gasteiger partial charge in [0.2, 0.25) is 0 Å². The summed E-state index contributed by atoms with van der Waals surface area (Å²) in [6.45, 7) is 0.625. The topological polar surface area (TPSA) is 29.5 Å². The first-order valence-corrected chi connectivity index (χ1v) is 6.92. The Bertz CT molecular complexity index is 642. The van der Waals surface area contributed by atoms with Gasteiger partial charge in [0.25, 0.3) is 0 Å². The Labute approximate surface area is 121 Å². The zero-order chi connectivity index (χ0) is 14.1. The van der Waals surface area contributed by atoms with Gasteiger partial charge in [-0.15, -0.1) is 0 Å². The van der Waals surface area contributed by atoms with E-state index in [4.69, 9.17) is 16.3 Å². The van der Waals surface area contributed by atoms with Gasteiger partial charge in [0.1, 0.15) is 17.7 Å². The maximum atomic E-state index is 13.9. The van der Waals surface area contributed by atoms with Crippen LogP contribution in [0.5, 0.6) is 5.75 Å². The third-order valence-corrected chi connectivity index (χ3v) is 3.75. The van der Waals surface area contributed by atoms with E-state index in [0.29, 0.717) is 22.9 Å². The molecule has 2 nitrogen and oxygen atoms in total. The summed E-state index contributed by atoms with van der Waals surface area (Å²) in [5, 5.41) is 10.8. The molecule has 20 heavy (non-hydrogen) atoms. The van der Waals surface area contributed by atoms with Crippen molar-refractivity contribution in [3.05, 3.63) is 63.9 Å². The molecule has 2 aromatic carbocycles. The largest absolute Gasteiger partial charge is 0.493 e. The highest BCUT2D eigenvalue weighted by molar-refractivity contribution is 6.30. The molecule has 1 heterocycles. The fourth-order valence-electron chi connectivity index (χ4n) is 2.52. The molecule has 1 unspecified atom stereocenters. The molecule has 1 aliphatic rings. The third kappa shape index (κ3) is 2.39. The zero-order valence-corrected chi connectivity index (χ0v) is 11.5. The van der Waals surface area contributed by atoms with E-state index in [0.717, 1.165) is 18.4 Å². The molecule has 0 aliphatic carbocycles. The summed E-state index contributed by atoms with van der Waals surface area (Å²) < 4.78 is 19.6. The van der Waals surface area contributed by atoms with Crippen LogP contribution in [0.3, 0.4) is 0 Å². The van der Waals surface area contributed by atoms with Crippen LogP contribution in [-0.4, -0.2) is 11.7 Å². The summed E-state index contributed by atoms with van der Waals surface area (Å²) in [6.07, 6.45) is 0.821. The summed E-state index contributed by atoms with van der Waals surface area (Å²) >= 11 is 5.74. The van der Waals surface area contributed by atoms with Gasteiger partial charge >= 0.3 is 0 Å². The monoisotopic (exact) mass is 292 g/mol. The lowest BCUT2D eigenvalue weighted by Gasteiger charge is -2.23. The average molecular weight is 293 g/mol. The van der Waals surface area contributed by atoms with Crippen LogP contribution in [0.1, 0.15) is 29.2 Å². The molecular formula is C16H14ClFO2. The number of hydrogen-bond donors (Lipinski definition) is 1. The zero-order valence-electron chi connectivity index (χ0n) is 10.8. The third-order valence-electron chi connectivity index (χ3n) is 3.52. The summed E-state index contributed by atoms with van der Waals surface area (Å²) in [5.74, 6) is 0.166. The van der Waals surface area contributed by atoms with Gasteiger partial charge in [0.05, 0.1) is 6.61 Å². The average Bonchev–Trinajstić information content (AvgIpc) is 2.46. The van der Waals surface area contributed by atoms with Gasteiger partial charge in [0, 0.05) is 16.1 Å². The molecular weight excluding hydrogens is 279 g/mol. The van der Waals surface area contributed by atoms with E-state index in [9.17, 15) is 9.50 Å². The van der Waals surface area contributed by atoms with Crippen LogP contribution in [0.2, 0.25) is 5.02 Å². The minimum Gasteiger partial charge on any atom is -0.493 e. The normalized spacial score (nSPS) is 15.3. The van der Waals surface area contributed by atoms with Gasteiger partial charge in [0.15, 0.2) is 0 Å². The lowest BCUT2D eigenvalue weighted by atomic mass is 9.95. The summed E-state index contributed by atoms with van der Waals surface area (Å²) in [4.78, 5) is 0. The minimum atomic E-state index is -1.06. The second kappa shape index (κ2) is 5.43. The first-order chi connectivity index (χ1) is 9.66. The van der Waals surface area contributed by atoms with E-state index in [1.165, 1.54) is 12.1 Å². The van der Waals surface area contributed by atoms with E-state index >= 15 is 0 Å². The van der Waals surface area contributed by atoms with Crippen LogP contribution in [-0.2, 0) is 6.42 Å². The molecule has 0 spiro atoms. The first kappa shape index (κ1) is 13.4. The maximum Gasteiger partial charge on any atom is 0.130 e. The summed E-state index contributed by atoms with van der Waals surface area (Å²) in [7, 11) is 0. The van der Waals surface area contributed by atoms with Crippen molar-refractivity contribution in [1.29, 1.82) is 0 Å². The van der Waals surface area contributed by atoms with E-state index in [1.807, 2.05) is 12.1 Å². The molecule has 0 amide bonds. The Morgan fingerprint density at radius 1 is 1.20 bits per heavy atom. The van der Waals surface area contributed by atoms with E-state index < -0.39 is 11.9 Å². The van der Waals surface area contributed by atoms with Gasteiger partial charge in [-0.1, -0.05) is 35.9 Å². The van der Waals surface area contributed by atoms with Crippen LogP contribution in [0, 0.1) is 5.82 Å². The quantitative estimate of drug-likeness (QED) is 0.910. The van der Waals surface area contributed by atoms with Gasteiger partial charge in [-0.25, -0.2) is 4.39 Å². The molecule has 0 fully saturated rings. The predicted octanol–water partition coefficient (Wildman–Crippen LogP) is 3.89. The van der Waals surface area contributed by atoms with Crippen LogP contribution in [0.4, 0.5) is 4.39 Å². The van der Waals surface area contributed by atoms with Crippen molar-refractivity contribution < 1.29 is 14.2 Å². The second-order valence-corrected chi connectivity index (χ2v) is 5.29. The SMILES string of the molecule is OC(c1ccc(Cl)cc1F)c1cccc2c1OCCC2. The molecule has 0 radical (unpaired) electrons. The molecule has 0 bridgehead atoms. The standard InChI is InChI=1S/C16H14ClFO2/c17-11-6-7-12(14(18)9-11)15(19)13-5-1-3-10-4-2-8-20-16(10)13/h1,3,5-7,9,15,19H,2,4,8H2. The van der Waals surface area contributed by atoms with Crippen LogP contribution in [0.15, 0.2) is 36.4 Å². The highest BCUT2D eigenvalue weighted by Crippen LogP contribution is 2.36. The smallest absolute Gasteiger partial charge is 0.130 e. The lowest BCUT2D eigenvalue weighted by molar-refractivity contribution is 0.202. The Kier molecular flexibility index (Phi) is 3.64. The van der Waals surface area contributed by atoms with Crippen LogP contribution >= 0.6 is 11.6 Å². The molecule has 0 saturated heterocycles. The number of hydrogen-bond acceptors (Lipinski definition) is 2. The number of aryl methyl sites for hydroxylation is 1. The van der Waals surface area contributed by atoms with Gasteiger partial charge in [-0.05, 0) is 30.5 Å². The first-order valence-electron chi connectivity index (χ1n) is 6.54. The number of aliphatic hydroxyl groups excluding tert-OH is 1. The van der Waals surface area contributed by atoms with Crippen molar-refractivity contribution in [1.82, 2.24) is 0 Å². The summed E-state index contributed by atoms with van der Waals surface area (Å²) in [5.41, 5.74) is 1.86. The number of ether oxygens (including phenoxy) is 1. The van der Waals surface area contributed by atoms with E-state index in [-0.39, 0.29) is 5.56 Å². The number of rotatable bonds is 2. The Balaban J connectivity index is 2.04. The molecule has 1 N–H and O–H groups in total. The van der Waals surface area contributed by atoms with Crippen molar-refractivity contribution in [2.75, 3.05) is 6.61 Å². The maximum absolute atomic E-state index is 13.9. The van der Waals surface area contributed by atoms with Gasteiger partial charge in [-0.3, -0.25) is 0 Å². The number of benzene rings is 2. The van der Waals surface area contributed by atoms with Gasteiger partial charge < -0.3 is 9.84 Å². The lowest BCUT2D eigenvalue weighted by Crippen LogP contribution is -2.13. The van der Waals surface area contributed by atoms with E-state index in [1.54, 1.807) is 12.1 Å². The fourth-order valence-corrected chi connectivity index (χ4v) is 2.68. The molecule has 3 rings (SSSR count).